The highest BCUT2D eigenvalue weighted by Crippen LogP contribution is 2.35. The molecule has 148 valence electrons. The normalized spacial score (nSPS) is 20.8. The van der Waals surface area contributed by atoms with Crippen molar-refractivity contribution < 1.29 is 13.9 Å². The number of fused-ring (bicyclic) bond motifs is 1. The van der Waals surface area contributed by atoms with Crippen LogP contribution in [0, 0.1) is 5.82 Å². The Morgan fingerprint density at radius 2 is 2.00 bits per heavy atom. The van der Waals surface area contributed by atoms with E-state index in [1.807, 2.05) is 41.3 Å². The molecule has 1 spiro atoms. The van der Waals surface area contributed by atoms with E-state index in [4.69, 9.17) is 4.74 Å². The van der Waals surface area contributed by atoms with Gasteiger partial charge in [-0.1, -0.05) is 42.5 Å². The number of carbonyl (C=O) groups is 1. The molecule has 0 saturated carbocycles. The van der Waals surface area contributed by atoms with E-state index in [1.165, 1.54) is 12.1 Å². The number of rotatable bonds is 3. The van der Waals surface area contributed by atoms with E-state index in [1.54, 1.807) is 12.3 Å². The fraction of sp³-hybridized carbons (Fsp3) is 0.304. The summed E-state index contributed by atoms with van der Waals surface area (Å²) < 4.78 is 22.0. The Morgan fingerprint density at radius 1 is 1.14 bits per heavy atom. The minimum absolute atomic E-state index is 0.124. The standard InChI is InChI=1S/C23H22FN3O2/c24-19-8-4-7-18(12-19)20-13-25-21-14-29-23(16-27(20)21)9-10-26(15-23)22(28)11-17-5-2-1-3-6-17/h1-8,12-13H,9-11,14-16H2. The van der Waals surface area contributed by atoms with Crippen molar-refractivity contribution in [3.63, 3.8) is 0 Å². The van der Waals surface area contributed by atoms with Gasteiger partial charge in [-0.2, -0.15) is 0 Å². The van der Waals surface area contributed by atoms with Gasteiger partial charge in [0.15, 0.2) is 0 Å². The van der Waals surface area contributed by atoms with Gasteiger partial charge in [-0.15, -0.1) is 0 Å². The fourth-order valence-electron chi connectivity index (χ4n) is 4.32. The van der Waals surface area contributed by atoms with Crippen LogP contribution < -0.4 is 0 Å². The molecule has 2 aliphatic heterocycles. The lowest BCUT2D eigenvalue weighted by atomic mass is 10.0. The maximum Gasteiger partial charge on any atom is 0.227 e. The first-order valence-corrected chi connectivity index (χ1v) is 9.88. The topological polar surface area (TPSA) is 47.4 Å². The molecule has 0 aliphatic carbocycles. The summed E-state index contributed by atoms with van der Waals surface area (Å²) in [4.78, 5) is 19.1. The van der Waals surface area contributed by atoms with Crippen LogP contribution in [0.2, 0.25) is 0 Å². The number of carbonyl (C=O) groups excluding carboxylic acids is 1. The average molecular weight is 391 g/mol. The average Bonchev–Trinajstić information content (AvgIpc) is 3.33. The van der Waals surface area contributed by atoms with Crippen molar-refractivity contribution in [3.05, 3.63) is 78.0 Å². The van der Waals surface area contributed by atoms with Gasteiger partial charge in [-0.05, 0) is 24.1 Å². The number of halogens is 1. The number of aromatic nitrogens is 2. The number of imidazole rings is 1. The van der Waals surface area contributed by atoms with Crippen molar-refractivity contribution in [2.24, 2.45) is 0 Å². The zero-order chi connectivity index (χ0) is 19.8. The van der Waals surface area contributed by atoms with Crippen LogP contribution in [0.1, 0.15) is 17.8 Å². The summed E-state index contributed by atoms with van der Waals surface area (Å²) in [5, 5.41) is 0. The molecule has 2 aromatic carbocycles. The van der Waals surface area contributed by atoms with Crippen LogP contribution in [0.4, 0.5) is 4.39 Å². The summed E-state index contributed by atoms with van der Waals surface area (Å²) in [5.74, 6) is 0.695. The third-order valence-corrected chi connectivity index (χ3v) is 5.88. The highest BCUT2D eigenvalue weighted by Gasteiger charge is 2.44. The zero-order valence-corrected chi connectivity index (χ0v) is 16.1. The molecule has 3 aromatic rings. The molecular formula is C23H22FN3O2. The van der Waals surface area contributed by atoms with E-state index >= 15 is 0 Å². The number of likely N-dealkylation sites (tertiary alicyclic amines) is 1. The van der Waals surface area contributed by atoms with Crippen LogP contribution in [-0.4, -0.2) is 39.0 Å². The Morgan fingerprint density at radius 3 is 2.83 bits per heavy atom. The van der Waals surface area contributed by atoms with Crippen LogP contribution in [0.5, 0.6) is 0 Å². The molecule has 1 amide bonds. The van der Waals surface area contributed by atoms with Crippen molar-refractivity contribution in [1.29, 1.82) is 0 Å². The lowest BCUT2D eigenvalue weighted by Crippen LogP contribution is -2.45. The molecule has 0 bridgehead atoms. The van der Waals surface area contributed by atoms with Gasteiger partial charge in [0.1, 0.15) is 23.8 Å². The molecule has 6 heteroatoms. The third kappa shape index (κ3) is 3.44. The monoisotopic (exact) mass is 391 g/mol. The highest BCUT2D eigenvalue weighted by molar-refractivity contribution is 5.79. The SMILES string of the molecule is O=C(Cc1ccccc1)N1CCC2(C1)Cn1c(-c3cccc(F)c3)cnc1CO2. The Bertz CT molecular complexity index is 1050. The van der Waals surface area contributed by atoms with E-state index in [0.717, 1.165) is 29.1 Å². The lowest BCUT2D eigenvalue weighted by Gasteiger charge is -2.35. The van der Waals surface area contributed by atoms with Crippen LogP contribution >= 0.6 is 0 Å². The van der Waals surface area contributed by atoms with Gasteiger partial charge in [-0.25, -0.2) is 9.37 Å². The smallest absolute Gasteiger partial charge is 0.227 e. The first kappa shape index (κ1) is 18.1. The first-order chi connectivity index (χ1) is 14.1. The quantitative estimate of drug-likeness (QED) is 0.687. The second-order valence-electron chi connectivity index (χ2n) is 7.86. The predicted molar refractivity (Wildman–Crippen MR) is 106 cm³/mol. The minimum Gasteiger partial charge on any atom is -0.363 e. The lowest BCUT2D eigenvalue weighted by molar-refractivity contribution is -0.132. The summed E-state index contributed by atoms with van der Waals surface area (Å²) in [6.45, 7) is 2.27. The molecule has 1 fully saturated rings. The summed E-state index contributed by atoms with van der Waals surface area (Å²) in [6.07, 6.45) is 2.97. The summed E-state index contributed by atoms with van der Waals surface area (Å²) in [6, 6.07) is 16.4. The van der Waals surface area contributed by atoms with Gasteiger partial charge >= 0.3 is 0 Å². The van der Waals surface area contributed by atoms with Crippen LogP contribution in [0.25, 0.3) is 11.3 Å². The Labute approximate surface area is 168 Å². The highest BCUT2D eigenvalue weighted by atomic mass is 19.1. The van der Waals surface area contributed by atoms with Crippen molar-refractivity contribution in [2.75, 3.05) is 13.1 Å². The van der Waals surface area contributed by atoms with E-state index in [9.17, 15) is 9.18 Å². The number of ether oxygens (including phenoxy) is 1. The molecule has 3 heterocycles. The molecular weight excluding hydrogens is 369 g/mol. The Kier molecular flexibility index (Phi) is 4.43. The fourth-order valence-corrected chi connectivity index (χ4v) is 4.32. The van der Waals surface area contributed by atoms with E-state index in [-0.39, 0.29) is 11.7 Å². The molecule has 0 N–H and O–H groups in total. The van der Waals surface area contributed by atoms with Gasteiger partial charge in [0.05, 0.1) is 31.4 Å². The molecule has 29 heavy (non-hydrogen) atoms. The Balaban J connectivity index is 1.34. The zero-order valence-electron chi connectivity index (χ0n) is 16.1. The molecule has 5 rings (SSSR count). The van der Waals surface area contributed by atoms with Crippen molar-refractivity contribution >= 4 is 5.91 Å². The molecule has 1 atom stereocenters. The third-order valence-electron chi connectivity index (χ3n) is 5.88. The minimum atomic E-state index is -0.415. The number of benzene rings is 2. The molecule has 1 aromatic heterocycles. The van der Waals surface area contributed by atoms with Crippen molar-refractivity contribution in [2.45, 2.75) is 31.6 Å². The van der Waals surface area contributed by atoms with Gasteiger partial charge in [0.2, 0.25) is 5.91 Å². The second-order valence-corrected chi connectivity index (χ2v) is 7.86. The summed E-state index contributed by atoms with van der Waals surface area (Å²) in [7, 11) is 0. The van der Waals surface area contributed by atoms with Crippen LogP contribution in [-0.2, 0) is 29.1 Å². The molecule has 1 unspecified atom stereocenters. The van der Waals surface area contributed by atoms with E-state index in [2.05, 4.69) is 9.55 Å². The van der Waals surface area contributed by atoms with Gasteiger partial charge in [0, 0.05) is 12.1 Å². The maximum absolute atomic E-state index is 13.7. The Hall–Kier alpha value is -2.99. The molecule has 2 aliphatic rings. The molecule has 0 radical (unpaired) electrons. The predicted octanol–water partition coefficient (Wildman–Crippen LogP) is 3.43. The van der Waals surface area contributed by atoms with Gasteiger partial charge in [0.25, 0.3) is 0 Å². The first-order valence-electron chi connectivity index (χ1n) is 9.88. The van der Waals surface area contributed by atoms with E-state index in [0.29, 0.717) is 32.7 Å². The number of amides is 1. The van der Waals surface area contributed by atoms with Crippen molar-refractivity contribution in [3.8, 4) is 11.3 Å². The van der Waals surface area contributed by atoms with Gasteiger partial charge in [-0.3, -0.25) is 4.79 Å². The molecule has 5 nitrogen and oxygen atoms in total. The number of hydrogen-bond donors (Lipinski definition) is 0. The summed E-state index contributed by atoms with van der Waals surface area (Å²) >= 11 is 0. The maximum atomic E-state index is 13.7. The largest absolute Gasteiger partial charge is 0.363 e. The van der Waals surface area contributed by atoms with Crippen molar-refractivity contribution in [1.82, 2.24) is 14.5 Å². The van der Waals surface area contributed by atoms with Gasteiger partial charge < -0.3 is 14.2 Å². The molecule has 1 saturated heterocycles. The second kappa shape index (κ2) is 7.12. The summed E-state index contributed by atoms with van der Waals surface area (Å²) in [5.41, 5.74) is 2.29. The number of hydrogen-bond acceptors (Lipinski definition) is 3. The van der Waals surface area contributed by atoms with E-state index < -0.39 is 5.60 Å². The van der Waals surface area contributed by atoms with Crippen LogP contribution in [0.3, 0.4) is 0 Å². The number of nitrogens with zero attached hydrogens (tertiary/aromatic N) is 3. The van der Waals surface area contributed by atoms with Crippen LogP contribution in [0.15, 0.2) is 60.8 Å².